The summed E-state index contributed by atoms with van der Waals surface area (Å²) >= 11 is 1.63. The Morgan fingerprint density at radius 2 is 1.93 bits per heavy atom. The third-order valence-corrected chi connectivity index (χ3v) is 4.92. The summed E-state index contributed by atoms with van der Waals surface area (Å²) in [6.07, 6.45) is 2.06. The molecule has 0 saturated heterocycles. The summed E-state index contributed by atoms with van der Waals surface area (Å²) in [5, 5.41) is 12.5. The van der Waals surface area contributed by atoms with E-state index in [0.717, 1.165) is 41.6 Å². The van der Waals surface area contributed by atoms with Gasteiger partial charge >= 0.3 is 0 Å². The smallest absolute Gasteiger partial charge is 0.223 e. The van der Waals surface area contributed by atoms with Crippen molar-refractivity contribution in [3.8, 4) is 10.6 Å². The van der Waals surface area contributed by atoms with Gasteiger partial charge in [-0.25, -0.2) is 9.98 Å². The second-order valence-corrected chi connectivity index (χ2v) is 7.06. The van der Waals surface area contributed by atoms with Gasteiger partial charge in [-0.05, 0) is 19.8 Å². The molecule has 1 aromatic carbocycles. The largest absolute Gasteiger partial charge is 0.357 e. The average molecular weight is 499 g/mol. The Kier molecular flexibility index (Phi) is 8.99. The Bertz CT molecular complexity index is 746. The number of amides is 1. The monoisotopic (exact) mass is 499 g/mol. The van der Waals surface area contributed by atoms with Crippen LogP contribution in [0.1, 0.15) is 25.5 Å². The number of thiazole rings is 1. The van der Waals surface area contributed by atoms with Crippen LogP contribution in [0.5, 0.6) is 0 Å². The molecule has 3 N–H and O–H groups in total. The molecule has 3 rings (SSSR count). The van der Waals surface area contributed by atoms with Crippen molar-refractivity contribution < 1.29 is 4.79 Å². The summed E-state index contributed by atoms with van der Waals surface area (Å²) in [4.78, 5) is 20.9. The van der Waals surface area contributed by atoms with Crippen LogP contribution in [-0.4, -0.2) is 36.5 Å². The zero-order valence-electron chi connectivity index (χ0n) is 15.4. The van der Waals surface area contributed by atoms with E-state index in [1.54, 1.807) is 11.3 Å². The van der Waals surface area contributed by atoms with Crippen LogP contribution >= 0.6 is 35.3 Å². The molecule has 0 bridgehead atoms. The van der Waals surface area contributed by atoms with Gasteiger partial charge < -0.3 is 16.0 Å². The molecule has 146 valence electrons. The van der Waals surface area contributed by atoms with Crippen LogP contribution in [0.25, 0.3) is 10.6 Å². The third-order valence-electron chi connectivity index (χ3n) is 3.98. The van der Waals surface area contributed by atoms with E-state index in [0.29, 0.717) is 19.6 Å². The highest BCUT2D eigenvalue weighted by Gasteiger charge is 2.28. The molecule has 0 spiro atoms. The molecule has 0 aliphatic heterocycles. The van der Waals surface area contributed by atoms with Gasteiger partial charge in [0.2, 0.25) is 5.91 Å². The van der Waals surface area contributed by atoms with E-state index in [4.69, 9.17) is 0 Å². The van der Waals surface area contributed by atoms with E-state index in [1.165, 1.54) is 0 Å². The highest BCUT2D eigenvalue weighted by molar-refractivity contribution is 14.0. The fourth-order valence-corrected chi connectivity index (χ4v) is 3.27. The predicted molar refractivity (Wildman–Crippen MR) is 122 cm³/mol. The number of nitrogens with one attached hydrogen (secondary N) is 3. The van der Waals surface area contributed by atoms with Crippen LogP contribution in [0.3, 0.4) is 0 Å². The van der Waals surface area contributed by atoms with Gasteiger partial charge in [-0.3, -0.25) is 4.79 Å². The van der Waals surface area contributed by atoms with Gasteiger partial charge in [0.15, 0.2) is 5.96 Å². The summed E-state index contributed by atoms with van der Waals surface area (Å²) < 4.78 is 0. The van der Waals surface area contributed by atoms with E-state index in [9.17, 15) is 4.79 Å². The molecule has 1 amide bonds. The van der Waals surface area contributed by atoms with Gasteiger partial charge in [0.05, 0.1) is 12.2 Å². The third kappa shape index (κ3) is 7.10. The normalized spacial score (nSPS) is 13.6. The van der Waals surface area contributed by atoms with Crippen molar-refractivity contribution >= 4 is 47.2 Å². The fraction of sp³-hybridized carbons (Fsp3) is 0.421. The van der Waals surface area contributed by atoms with E-state index < -0.39 is 0 Å². The van der Waals surface area contributed by atoms with E-state index in [1.807, 2.05) is 30.5 Å². The van der Waals surface area contributed by atoms with Gasteiger partial charge in [-0.15, -0.1) is 35.3 Å². The molecule has 0 radical (unpaired) electrons. The number of carbonyl (C=O) groups excluding carboxylic acids is 1. The van der Waals surface area contributed by atoms with Crippen LogP contribution in [0.15, 0.2) is 40.7 Å². The summed E-state index contributed by atoms with van der Waals surface area (Å²) in [5.74, 6) is 1.16. The van der Waals surface area contributed by atoms with E-state index in [2.05, 4.69) is 38.1 Å². The maximum atomic E-state index is 11.6. The minimum Gasteiger partial charge on any atom is -0.357 e. The lowest BCUT2D eigenvalue weighted by molar-refractivity contribution is -0.122. The Morgan fingerprint density at radius 1 is 1.19 bits per heavy atom. The first kappa shape index (κ1) is 21.6. The number of aromatic nitrogens is 1. The molecule has 1 fully saturated rings. The Hall–Kier alpha value is -1.68. The van der Waals surface area contributed by atoms with Gasteiger partial charge in [0.25, 0.3) is 0 Å². The average Bonchev–Trinajstić information content (AvgIpc) is 3.42. The van der Waals surface area contributed by atoms with Crippen molar-refractivity contribution in [3.05, 3.63) is 41.4 Å². The van der Waals surface area contributed by atoms with Crippen molar-refractivity contribution in [2.24, 2.45) is 10.9 Å². The summed E-state index contributed by atoms with van der Waals surface area (Å²) in [5.41, 5.74) is 2.08. The maximum Gasteiger partial charge on any atom is 0.223 e. The van der Waals surface area contributed by atoms with Crippen LogP contribution in [-0.2, 0) is 11.3 Å². The van der Waals surface area contributed by atoms with Crippen molar-refractivity contribution in [1.82, 2.24) is 20.9 Å². The van der Waals surface area contributed by atoms with Crippen LogP contribution in [0.2, 0.25) is 0 Å². The van der Waals surface area contributed by atoms with Crippen molar-refractivity contribution in [2.75, 3.05) is 19.6 Å². The number of guanidine groups is 1. The summed E-state index contributed by atoms with van der Waals surface area (Å²) in [6.45, 7) is 4.59. The van der Waals surface area contributed by atoms with Gasteiger partial charge in [0, 0.05) is 36.5 Å². The lowest BCUT2D eigenvalue weighted by Gasteiger charge is -2.11. The van der Waals surface area contributed by atoms with Gasteiger partial charge in [-0.2, -0.15) is 0 Å². The number of halogens is 1. The van der Waals surface area contributed by atoms with Crippen LogP contribution in [0, 0.1) is 5.92 Å². The van der Waals surface area contributed by atoms with Crippen LogP contribution in [0.4, 0.5) is 0 Å². The molecule has 1 heterocycles. The number of benzene rings is 1. The summed E-state index contributed by atoms with van der Waals surface area (Å²) in [7, 11) is 0. The molecule has 0 unspecified atom stereocenters. The molecule has 27 heavy (non-hydrogen) atoms. The number of carbonyl (C=O) groups is 1. The lowest BCUT2D eigenvalue weighted by atomic mass is 10.2. The van der Waals surface area contributed by atoms with Gasteiger partial charge in [0.1, 0.15) is 5.01 Å². The number of hydrogen-bond donors (Lipinski definition) is 3. The number of hydrogen-bond acceptors (Lipinski definition) is 4. The van der Waals surface area contributed by atoms with Gasteiger partial charge in [-0.1, -0.05) is 30.3 Å². The molecule has 6 nitrogen and oxygen atoms in total. The molecule has 1 aliphatic carbocycles. The number of aliphatic imine (C=N–C) groups is 1. The Morgan fingerprint density at radius 3 is 2.63 bits per heavy atom. The molecule has 1 saturated carbocycles. The van der Waals surface area contributed by atoms with E-state index in [-0.39, 0.29) is 35.8 Å². The Labute approximate surface area is 181 Å². The second kappa shape index (κ2) is 11.2. The summed E-state index contributed by atoms with van der Waals surface area (Å²) in [6, 6.07) is 10.2. The lowest BCUT2D eigenvalue weighted by Crippen LogP contribution is -2.41. The zero-order chi connectivity index (χ0) is 18.2. The zero-order valence-corrected chi connectivity index (χ0v) is 18.6. The first-order valence-corrected chi connectivity index (χ1v) is 9.94. The molecule has 1 aromatic heterocycles. The van der Waals surface area contributed by atoms with Crippen LogP contribution < -0.4 is 16.0 Å². The molecule has 1 aliphatic rings. The Balaban J connectivity index is 0.00000261. The molecule has 8 heteroatoms. The minimum atomic E-state index is 0. The first-order chi connectivity index (χ1) is 12.8. The quantitative estimate of drug-likeness (QED) is 0.226. The fourth-order valence-electron chi connectivity index (χ4n) is 2.45. The standard InChI is InChI=1S/C19H25N5OS.HI/c1-2-20-19(22-11-10-21-17(25)14-8-9-14)23-12-16-13-26-18(24-16)15-6-4-3-5-7-15;/h3-7,13-14H,2,8-12H2,1H3,(H,21,25)(H2,20,22,23);1H. The minimum absolute atomic E-state index is 0. The molecular weight excluding hydrogens is 473 g/mol. The maximum absolute atomic E-state index is 11.6. The SMILES string of the molecule is CCNC(=NCc1csc(-c2ccccc2)n1)NCCNC(=O)C1CC1.I. The molecule has 2 aromatic rings. The van der Waals surface area contributed by atoms with Crippen molar-refractivity contribution in [3.63, 3.8) is 0 Å². The van der Waals surface area contributed by atoms with E-state index >= 15 is 0 Å². The number of nitrogens with zero attached hydrogens (tertiary/aromatic N) is 2. The second-order valence-electron chi connectivity index (χ2n) is 6.20. The topological polar surface area (TPSA) is 78.4 Å². The molecule has 0 atom stereocenters. The molecular formula is C19H26IN5OS. The highest BCUT2D eigenvalue weighted by atomic mass is 127. The highest BCUT2D eigenvalue weighted by Crippen LogP contribution is 2.28. The predicted octanol–water partition coefficient (Wildman–Crippen LogP) is 3.01. The van der Waals surface area contributed by atoms with Crippen molar-refractivity contribution in [1.29, 1.82) is 0 Å². The first-order valence-electron chi connectivity index (χ1n) is 9.06. The van der Waals surface area contributed by atoms with Crippen molar-refractivity contribution in [2.45, 2.75) is 26.3 Å². The number of rotatable bonds is 8.